The molecule has 8 heteroatoms. The van der Waals surface area contributed by atoms with Gasteiger partial charge in [0.1, 0.15) is 5.69 Å². The van der Waals surface area contributed by atoms with E-state index in [9.17, 15) is 9.59 Å². The minimum Gasteiger partial charge on any atom is -0.364 e. The maximum Gasteiger partial charge on any atom is 0.267 e. The van der Waals surface area contributed by atoms with Gasteiger partial charge in [0.25, 0.3) is 5.91 Å². The molecule has 2 amide bonds. The molecule has 4 N–H and O–H groups in total. The van der Waals surface area contributed by atoms with Crippen LogP contribution in [0.25, 0.3) is 0 Å². The molecule has 2 rings (SSSR count). The zero-order valence-corrected chi connectivity index (χ0v) is 10.2. The van der Waals surface area contributed by atoms with Crippen molar-refractivity contribution in [3.8, 4) is 0 Å². The number of hydrogen-bond donors (Lipinski definition) is 3. The summed E-state index contributed by atoms with van der Waals surface area (Å²) in [5.74, 6) is -0.704. The van der Waals surface area contributed by atoms with E-state index in [2.05, 4.69) is 20.6 Å². The van der Waals surface area contributed by atoms with E-state index in [4.69, 9.17) is 17.3 Å². The van der Waals surface area contributed by atoms with E-state index in [0.29, 0.717) is 18.8 Å². The summed E-state index contributed by atoms with van der Waals surface area (Å²) in [6, 6.07) is 1.21. The Labute approximate surface area is 108 Å². The molecule has 1 saturated heterocycles. The lowest BCUT2D eigenvalue weighted by Gasteiger charge is -2.09. The fourth-order valence-corrected chi connectivity index (χ4v) is 1.90. The van der Waals surface area contributed by atoms with E-state index >= 15 is 0 Å². The van der Waals surface area contributed by atoms with E-state index in [1.54, 1.807) is 0 Å². The fourth-order valence-electron chi connectivity index (χ4n) is 1.70. The van der Waals surface area contributed by atoms with Crippen molar-refractivity contribution >= 4 is 23.4 Å². The number of rotatable bonds is 4. The number of halogens is 1. The third-order valence-corrected chi connectivity index (χ3v) is 2.75. The first kappa shape index (κ1) is 12.7. The second kappa shape index (κ2) is 5.28. The zero-order valence-electron chi connectivity index (χ0n) is 9.44. The summed E-state index contributed by atoms with van der Waals surface area (Å²) in [6.07, 6.45) is 0.723. The number of carbonyl (C=O) groups is 2. The van der Waals surface area contributed by atoms with Crippen LogP contribution in [-0.4, -0.2) is 34.4 Å². The van der Waals surface area contributed by atoms with Crippen molar-refractivity contribution in [3.63, 3.8) is 0 Å². The molecule has 96 valence electrons. The van der Waals surface area contributed by atoms with E-state index in [-0.39, 0.29) is 22.9 Å². The molecule has 0 spiro atoms. The minimum absolute atomic E-state index is 0.0368. The zero-order chi connectivity index (χ0) is 13.1. The minimum atomic E-state index is -0.667. The van der Waals surface area contributed by atoms with Gasteiger partial charge in [0.2, 0.25) is 11.2 Å². The number of amides is 2. The van der Waals surface area contributed by atoms with Gasteiger partial charge in [0.05, 0.1) is 11.7 Å². The van der Waals surface area contributed by atoms with Crippen molar-refractivity contribution in [1.82, 2.24) is 20.6 Å². The van der Waals surface area contributed by atoms with Crippen LogP contribution in [0, 0.1) is 0 Å². The predicted octanol–water partition coefficient (Wildman–Crippen LogP) is -0.793. The van der Waals surface area contributed by atoms with Crippen LogP contribution in [0.4, 0.5) is 0 Å². The lowest BCUT2D eigenvalue weighted by molar-refractivity contribution is -0.120. The number of aromatic nitrogens is 2. The molecule has 18 heavy (non-hydrogen) atoms. The topological polar surface area (TPSA) is 110 Å². The highest BCUT2D eigenvalue weighted by Crippen LogP contribution is 2.07. The van der Waals surface area contributed by atoms with Crippen LogP contribution < -0.4 is 16.4 Å². The van der Waals surface area contributed by atoms with Crippen LogP contribution in [0.2, 0.25) is 5.28 Å². The molecule has 7 nitrogen and oxygen atoms in total. The predicted molar refractivity (Wildman–Crippen MR) is 63.8 cm³/mol. The Kier molecular flexibility index (Phi) is 3.73. The van der Waals surface area contributed by atoms with Crippen molar-refractivity contribution in [2.24, 2.45) is 5.73 Å². The van der Waals surface area contributed by atoms with E-state index < -0.39 is 5.91 Å². The first-order chi connectivity index (χ1) is 8.56. The van der Waals surface area contributed by atoms with E-state index in [0.717, 1.165) is 6.42 Å². The van der Waals surface area contributed by atoms with Crippen LogP contribution in [-0.2, 0) is 11.3 Å². The highest BCUT2D eigenvalue weighted by Gasteiger charge is 2.23. The Morgan fingerprint density at radius 3 is 3.00 bits per heavy atom. The smallest absolute Gasteiger partial charge is 0.267 e. The van der Waals surface area contributed by atoms with Gasteiger partial charge in [0, 0.05) is 13.1 Å². The first-order valence-electron chi connectivity index (χ1n) is 5.40. The molecule has 1 aromatic heterocycles. The molecule has 0 bridgehead atoms. The number of carbonyl (C=O) groups excluding carboxylic acids is 2. The SMILES string of the molecule is NC(=O)c1cc(CN[C@H]2CCNC2=O)nc(Cl)n1. The molecular weight excluding hydrogens is 258 g/mol. The van der Waals surface area contributed by atoms with Crippen molar-refractivity contribution in [2.75, 3.05) is 6.54 Å². The maximum atomic E-state index is 11.3. The molecular formula is C10H12ClN5O2. The Morgan fingerprint density at radius 2 is 2.39 bits per heavy atom. The molecule has 0 saturated carbocycles. The van der Waals surface area contributed by atoms with Crippen LogP contribution in [0.5, 0.6) is 0 Å². The summed E-state index contributed by atoms with van der Waals surface area (Å²) in [7, 11) is 0. The standard InChI is InChI=1S/C10H12ClN5O2/c11-10-15-5(3-7(16-10)8(12)17)4-14-6-1-2-13-9(6)18/h3,6,14H,1-2,4H2,(H2,12,17)(H,13,18)/t6-/m0/s1. The average molecular weight is 270 g/mol. The van der Waals surface area contributed by atoms with Crippen molar-refractivity contribution in [2.45, 2.75) is 19.0 Å². The first-order valence-corrected chi connectivity index (χ1v) is 5.78. The Morgan fingerprint density at radius 1 is 1.61 bits per heavy atom. The van der Waals surface area contributed by atoms with Crippen LogP contribution in [0.1, 0.15) is 22.6 Å². The summed E-state index contributed by atoms with van der Waals surface area (Å²) in [4.78, 5) is 30.0. The van der Waals surface area contributed by atoms with E-state index in [1.165, 1.54) is 6.07 Å². The Bertz CT molecular complexity index is 493. The van der Waals surface area contributed by atoms with Gasteiger partial charge >= 0.3 is 0 Å². The van der Waals surface area contributed by atoms with Gasteiger partial charge in [-0.05, 0) is 24.1 Å². The van der Waals surface area contributed by atoms with Gasteiger partial charge in [-0.2, -0.15) is 0 Å². The molecule has 2 heterocycles. The fraction of sp³-hybridized carbons (Fsp3) is 0.400. The summed E-state index contributed by atoms with van der Waals surface area (Å²) in [5, 5.41) is 5.70. The number of hydrogen-bond acceptors (Lipinski definition) is 5. The van der Waals surface area contributed by atoms with Gasteiger partial charge in [-0.3, -0.25) is 9.59 Å². The van der Waals surface area contributed by atoms with Gasteiger partial charge < -0.3 is 16.4 Å². The third-order valence-electron chi connectivity index (χ3n) is 2.58. The molecule has 1 aliphatic rings. The second-order valence-electron chi connectivity index (χ2n) is 3.89. The second-order valence-corrected chi connectivity index (χ2v) is 4.23. The van der Waals surface area contributed by atoms with E-state index in [1.807, 2.05) is 0 Å². The molecule has 0 radical (unpaired) electrons. The third kappa shape index (κ3) is 2.93. The van der Waals surface area contributed by atoms with Crippen molar-refractivity contribution in [3.05, 3.63) is 22.7 Å². The summed E-state index contributed by atoms with van der Waals surface area (Å²) in [6.45, 7) is 0.980. The van der Waals surface area contributed by atoms with Crippen molar-refractivity contribution < 1.29 is 9.59 Å². The van der Waals surface area contributed by atoms with Gasteiger partial charge in [-0.15, -0.1) is 0 Å². The quantitative estimate of drug-likeness (QED) is 0.620. The number of nitrogens with two attached hydrogens (primary N) is 1. The van der Waals surface area contributed by atoms with Crippen LogP contribution >= 0.6 is 11.6 Å². The molecule has 1 aliphatic heterocycles. The number of primary amides is 1. The molecule has 0 unspecified atom stereocenters. The number of nitrogens with one attached hydrogen (secondary N) is 2. The highest BCUT2D eigenvalue weighted by molar-refractivity contribution is 6.28. The Balaban J connectivity index is 2.04. The Hall–Kier alpha value is -1.73. The van der Waals surface area contributed by atoms with Crippen LogP contribution in [0.15, 0.2) is 6.07 Å². The normalized spacial score (nSPS) is 18.7. The summed E-state index contributed by atoms with van der Waals surface area (Å²) in [5.41, 5.74) is 5.69. The van der Waals surface area contributed by atoms with Gasteiger partial charge in [-0.1, -0.05) is 0 Å². The monoisotopic (exact) mass is 269 g/mol. The lowest BCUT2D eigenvalue weighted by Crippen LogP contribution is -2.36. The molecule has 0 aromatic carbocycles. The molecule has 1 atom stereocenters. The van der Waals surface area contributed by atoms with Gasteiger partial charge in [-0.25, -0.2) is 9.97 Å². The molecule has 0 aliphatic carbocycles. The summed E-state index contributed by atoms with van der Waals surface area (Å²) < 4.78 is 0. The average Bonchev–Trinajstić information content (AvgIpc) is 2.71. The van der Waals surface area contributed by atoms with Crippen molar-refractivity contribution in [1.29, 1.82) is 0 Å². The van der Waals surface area contributed by atoms with Crippen LogP contribution in [0.3, 0.4) is 0 Å². The largest absolute Gasteiger partial charge is 0.364 e. The molecule has 1 aromatic rings. The summed E-state index contributed by atoms with van der Waals surface area (Å²) >= 11 is 5.68. The number of nitrogens with zero attached hydrogens (tertiary/aromatic N) is 2. The molecule has 1 fully saturated rings. The van der Waals surface area contributed by atoms with Gasteiger partial charge in [0.15, 0.2) is 0 Å². The lowest BCUT2D eigenvalue weighted by atomic mass is 10.2. The highest BCUT2D eigenvalue weighted by atomic mass is 35.5. The maximum absolute atomic E-state index is 11.3.